The zero-order valence-corrected chi connectivity index (χ0v) is 8.45. The van der Waals surface area contributed by atoms with Crippen molar-refractivity contribution in [2.75, 3.05) is 6.54 Å². The van der Waals surface area contributed by atoms with Crippen LogP contribution in [0.15, 0.2) is 6.07 Å². The minimum atomic E-state index is 0.535. The number of aromatic nitrogens is 2. The van der Waals surface area contributed by atoms with E-state index in [4.69, 9.17) is 5.73 Å². The molecule has 1 aliphatic carbocycles. The molecule has 3 heteroatoms. The Morgan fingerprint density at radius 1 is 1.57 bits per heavy atom. The highest BCUT2D eigenvalue weighted by Crippen LogP contribution is 2.41. The van der Waals surface area contributed by atoms with Gasteiger partial charge >= 0.3 is 0 Å². The van der Waals surface area contributed by atoms with E-state index in [2.05, 4.69) is 15.8 Å². The van der Waals surface area contributed by atoms with E-state index >= 15 is 0 Å². The Labute approximate surface area is 84.3 Å². The van der Waals surface area contributed by atoms with Gasteiger partial charge in [-0.2, -0.15) is 5.10 Å². The lowest BCUT2D eigenvalue weighted by atomic mass is 10.00. The molecule has 0 radical (unpaired) electrons. The third-order valence-electron chi connectivity index (χ3n) is 3.51. The number of rotatable bonds is 3. The average Bonchev–Trinajstić information content (AvgIpc) is 2.75. The van der Waals surface area contributed by atoms with Gasteiger partial charge in [-0.25, -0.2) is 0 Å². The van der Waals surface area contributed by atoms with Gasteiger partial charge in [0.15, 0.2) is 0 Å². The first kappa shape index (κ1) is 8.48. The Bertz CT molecular complexity index is 317. The summed E-state index contributed by atoms with van der Waals surface area (Å²) in [5, 5.41) is 4.66. The minimum Gasteiger partial charge on any atom is -0.330 e. The predicted molar refractivity (Wildman–Crippen MR) is 55.1 cm³/mol. The highest BCUT2D eigenvalue weighted by atomic mass is 15.3. The van der Waals surface area contributed by atoms with E-state index in [9.17, 15) is 0 Å². The summed E-state index contributed by atoms with van der Waals surface area (Å²) in [5.74, 6) is 1.36. The van der Waals surface area contributed by atoms with Gasteiger partial charge in [0.2, 0.25) is 0 Å². The molecule has 3 nitrogen and oxygen atoms in total. The summed E-state index contributed by atoms with van der Waals surface area (Å²) in [6.07, 6.45) is 5.17. The SMILES string of the molecule is NCC(c1cc2n(n1)CCC2)C1CC1. The Kier molecular flexibility index (Phi) is 1.87. The molecule has 1 unspecified atom stereocenters. The molecule has 2 aliphatic rings. The van der Waals surface area contributed by atoms with Crippen molar-refractivity contribution in [3.05, 3.63) is 17.5 Å². The van der Waals surface area contributed by atoms with E-state index in [-0.39, 0.29) is 0 Å². The van der Waals surface area contributed by atoms with Crippen molar-refractivity contribution in [3.8, 4) is 0 Å². The van der Waals surface area contributed by atoms with E-state index in [1.165, 1.54) is 37.1 Å². The minimum absolute atomic E-state index is 0.535. The highest BCUT2D eigenvalue weighted by Gasteiger charge is 2.33. The Balaban J connectivity index is 1.87. The fraction of sp³-hybridized carbons (Fsp3) is 0.727. The molecular weight excluding hydrogens is 174 g/mol. The van der Waals surface area contributed by atoms with Crippen molar-refractivity contribution in [3.63, 3.8) is 0 Å². The lowest BCUT2D eigenvalue weighted by Gasteiger charge is -2.09. The van der Waals surface area contributed by atoms with E-state index in [0.717, 1.165) is 19.0 Å². The van der Waals surface area contributed by atoms with Crippen LogP contribution in [0, 0.1) is 5.92 Å². The van der Waals surface area contributed by atoms with Crippen molar-refractivity contribution in [2.24, 2.45) is 11.7 Å². The zero-order chi connectivity index (χ0) is 9.54. The predicted octanol–water partition coefficient (Wildman–Crippen LogP) is 1.28. The number of nitrogens with two attached hydrogens (primary N) is 1. The van der Waals surface area contributed by atoms with E-state index in [1.807, 2.05) is 0 Å². The fourth-order valence-corrected chi connectivity index (χ4v) is 2.52. The van der Waals surface area contributed by atoms with Crippen molar-refractivity contribution < 1.29 is 0 Å². The Morgan fingerprint density at radius 2 is 2.43 bits per heavy atom. The van der Waals surface area contributed by atoms with Crippen LogP contribution in [0.1, 0.15) is 36.6 Å². The molecule has 3 rings (SSSR count). The third-order valence-corrected chi connectivity index (χ3v) is 3.51. The molecule has 1 fully saturated rings. The topological polar surface area (TPSA) is 43.8 Å². The normalized spacial score (nSPS) is 22.4. The van der Waals surface area contributed by atoms with E-state index < -0.39 is 0 Å². The van der Waals surface area contributed by atoms with Crippen molar-refractivity contribution in [1.29, 1.82) is 0 Å². The van der Waals surface area contributed by atoms with E-state index in [1.54, 1.807) is 0 Å². The maximum atomic E-state index is 5.82. The molecule has 0 saturated heterocycles. The summed E-state index contributed by atoms with van der Waals surface area (Å²) in [6.45, 7) is 1.87. The molecule has 1 aromatic rings. The fourth-order valence-electron chi connectivity index (χ4n) is 2.52. The Hall–Kier alpha value is -0.830. The first-order chi connectivity index (χ1) is 6.88. The van der Waals surface area contributed by atoms with Crippen LogP contribution in [0.4, 0.5) is 0 Å². The number of aryl methyl sites for hydroxylation is 2. The van der Waals surface area contributed by atoms with Crippen LogP contribution >= 0.6 is 0 Å². The first-order valence-electron chi connectivity index (χ1n) is 5.65. The molecule has 2 N–H and O–H groups in total. The van der Waals surface area contributed by atoms with Crippen LogP contribution < -0.4 is 5.73 Å². The summed E-state index contributed by atoms with van der Waals surface area (Å²) in [5.41, 5.74) is 8.49. The van der Waals surface area contributed by atoms with Gasteiger partial charge in [-0.1, -0.05) is 0 Å². The number of nitrogens with zero attached hydrogens (tertiary/aromatic N) is 2. The van der Waals surface area contributed by atoms with Gasteiger partial charge in [-0.15, -0.1) is 0 Å². The second kappa shape index (κ2) is 3.09. The third kappa shape index (κ3) is 1.27. The molecule has 0 bridgehead atoms. The van der Waals surface area contributed by atoms with Crippen molar-refractivity contribution in [1.82, 2.24) is 9.78 Å². The van der Waals surface area contributed by atoms with Gasteiger partial charge in [-0.05, 0) is 37.7 Å². The maximum Gasteiger partial charge on any atom is 0.0673 e. The standard InChI is InChI=1S/C11H17N3/c12-7-10(8-3-4-8)11-6-9-2-1-5-14(9)13-11/h6,8,10H,1-5,7,12H2. The van der Waals surface area contributed by atoms with Crippen LogP contribution in [-0.4, -0.2) is 16.3 Å². The van der Waals surface area contributed by atoms with E-state index in [0.29, 0.717) is 5.92 Å². The van der Waals surface area contributed by atoms with Crippen LogP contribution in [0.3, 0.4) is 0 Å². The maximum absolute atomic E-state index is 5.82. The van der Waals surface area contributed by atoms with Crippen LogP contribution in [-0.2, 0) is 13.0 Å². The van der Waals surface area contributed by atoms with Gasteiger partial charge < -0.3 is 5.73 Å². The first-order valence-corrected chi connectivity index (χ1v) is 5.65. The molecule has 0 spiro atoms. The van der Waals surface area contributed by atoms with Gasteiger partial charge in [0.05, 0.1) is 5.69 Å². The highest BCUT2D eigenvalue weighted by molar-refractivity contribution is 5.19. The number of fused-ring (bicyclic) bond motifs is 1. The second-order valence-electron chi connectivity index (χ2n) is 4.57. The van der Waals surface area contributed by atoms with Crippen LogP contribution in [0.2, 0.25) is 0 Å². The molecule has 76 valence electrons. The van der Waals surface area contributed by atoms with Crippen LogP contribution in [0.5, 0.6) is 0 Å². The molecular formula is C11H17N3. The molecule has 1 aromatic heterocycles. The van der Waals surface area contributed by atoms with Gasteiger partial charge in [0.25, 0.3) is 0 Å². The molecule has 2 heterocycles. The summed E-state index contributed by atoms with van der Waals surface area (Å²) in [7, 11) is 0. The van der Waals surface area contributed by atoms with Gasteiger partial charge in [0.1, 0.15) is 0 Å². The summed E-state index contributed by atoms with van der Waals surface area (Å²) >= 11 is 0. The molecule has 1 saturated carbocycles. The van der Waals surface area contributed by atoms with Crippen molar-refractivity contribution in [2.45, 2.75) is 38.1 Å². The Morgan fingerprint density at radius 3 is 3.07 bits per heavy atom. The molecule has 1 aliphatic heterocycles. The summed E-state index contributed by atoms with van der Waals surface area (Å²) in [6, 6.07) is 2.28. The molecule has 14 heavy (non-hydrogen) atoms. The monoisotopic (exact) mass is 191 g/mol. The second-order valence-corrected chi connectivity index (χ2v) is 4.57. The molecule has 0 aromatic carbocycles. The van der Waals surface area contributed by atoms with Gasteiger partial charge in [0, 0.05) is 24.7 Å². The van der Waals surface area contributed by atoms with Crippen LogP contribution in [0.25, 0.3) is 0 Å². The molecule has 1 atom stereocenters. The van der Waals surface area contributed by atoms with Gasteiger partial charge in [-0.3, -0.25) is 4.68 Å². The number of hydrogen-bond acceptors (Lipinski definition) is 2. The smallest absolute Gasteiger partial charge is 0.0673 e. The lowest BCUT2D eigenvalue weighted by Crippen LogP contribution is -2.15. The summed E-state index contributed by atoms with van der Waals surface area (Å²) in [4.78, 5) is 0. The largest absolute Gasteiger partial charge is 0.330 e. The average molecular weight is 191 g/mol. The summed E-state index contributed by atoms with van der Waals surface area (Å²) < 4.78 is 2.17. The zero-order valence-electron chi connectivity index (χ0n) is 8.45. The number of hydrogen-bond donors (Lipinski definition) is 1. The quantitative estimate of drug-likeness (QED) is 0.782. The lowest BCUT2D eigenvalue weighted by molar-refractivity contribution is 0.567. The molecule has 0 amide bonds. The van der Waals surface area contributed by atoms with Crippen molar-refractivity contribution >= 4 is 0 Å².